The Morgan fingerprint density at radius 3 is 1.75 bits per heavy atom. The smallest absolute Gasteiger partial charge is 0.229 e. The van der Waals surface area contributed by atoms with Gasteiger partial charge in [-0.15, -0.1) is 0 Å². The third-order valence-corrected chi connectivity index (χ3v) is 6.67. The van der Waals surface area contributed by atoms with Crippen LogP contribution in [0, 0.1) is 0 Å². The highest BCUT2D eigenvalue weighted by Gasteiger charge is 2.52. The van der Waals surface area contributed by atoms with Crippen LogP contribution in [0.15, 0.2) is 0 Å². The lowest BCUT2D eigenvalue weighted by atomic mass is 9.94. The second-order valence-corrected chi connectivity index (χ2v) is 8.97. The van der Waals surface area contributed by atoms with E-state index in [-0.39, 0.29) is 15.4 Å². The Morgan fingerprint density at radius 1 is 0.875 bits per heavy atom. The van der Waals surface area contributed by atoms with Crippen molar-refractivity contribution >= 4 is 17.7 Å². The molecular formula is C21H41ClNO+. The third kappa shape index (κ3) is 7.04. The largest absolute Gasteiger partial charge is 0.332 e. The quantitative estimate of drug-likeness (QED) is 0.238. The molecule has 0 aromatic carbocycles. The van der Waals surface area contributed by atoms with Gasteiger partial charge in [0, 0.05) is 12.8 Å². The molecule has 0 bridgehead atoms. The molecule has 1 atom stereocenters. The molecule has 2 nitrogen and oxygen atoms in total. The number of nitrogens with zero attached hydrogens (tertiary/aromatic N) is 1. The molecule has 0 saturated carbocycles. The van der Waals surface area contributed by atoms with Crippen molar-refractivity contribution in [2.24, 2.45) is 0 Å². The summed E-state index contributed by atoms with van der Waals surface area (Å²) in [7, 11) is 0. The van der Waals surface area contributed by atoms with Crippen LogP contribution in [0.4, 0.5) is 0 Å². The molecule has 24 heavy (non-hydrogen) atoms. The zero-order chi connectivity index (χ0) is 17.9. The second-order valence-electron chi connectivity index (χ2n) is 8.39. The fourth-order valence-corrected chi connectivity index (χ4v) is 4.25. The standard InChI is InChI=1S/C21H41ClNO/c1-4-5-6-7-8-9-10-11-12-13-14-15-18-21(2,3)23(22)19-16-17-20(23)24/h4-19H2,1-3H3/q+1. The van der Waals surface area contributed by atoms with Crippen LogP contribution in [0.5, 0.6) is 0 Å². The van der Waals surface area contributed by atoms with Crippen molar-refractivity contribution in [1.29, 1.82) is 0 Å². The molecule has 1 unspecified atom stereocenters. The Bertz CT molecular complexity index is 356. The summed E-state index contributed by atoms with van der Waals surface area (Å²) in [6.07, 6.45) is 19.1. The molecule has 0 radical (unpaired) electrons. The van der Waals surface area contributed by atoms with Crippen molar-refractivity contribution in [2.75, 3.05) is 6.54 Å². The number of hydrogen-bond donors (Lipinski definition) is 0. The molecule has 0 aromatic rings. The molecule has 3 heteroatoms. The number of carbonyl (C=O) groups excluding carboxylic acids is 1. The minimum absolute atomic E-state index is 0.117. The predicted octanol–water partition coefficient (Wildman–Crippen LogP) is 7.15. The first-order valence-corrected chi connectivity index (χ1v) is 10.9. The molecule has 0 spiro atoms. The summed E-state index contributed by atoms with van der Waals surface area (Å²) in [6.45, 7) is 7.42. The lowest BCUT2D eigenvalue weighted by Crippen LogP contribution is -2.55. The Morgan fingerprint density at radius 2 is 1.33 bits per heavy atom. The minimum Gasteiger partial charge on any atom is -0.229 e. The van der Waals surface area contributed by atoms with Crippen LogP contribution in [-0.4, -0.2) is 22.0 Å². The minimum atomic E-state index is -0.117. The zero-order valence-corrected chi connectivity index (χ0v) is 17.3. The monoisotopic (exact) mass is 358 g/mol. The lowest BCUT2D eigenvalue weighted by Gasteiger charge is -2.37. The van der Waals surface area contributed by atoms with Crippen molar-refractivity contribution in [3.05, 3.63) is 0 Å². The second kappa shape index (κ2) is 11.5. The molecule has 0 N–H and O–H groups in total. The van der Waals surface area contributed by atoms with E-state index in [1.807, 2.05) is 0 Å². The molecule has 0 aliphatic carbocycles. The molecule has 1 fully saturated rings. The SMILES string of the molecule is CCCCCCCCCCCCCCC(C)(C)[N+]1(Cl)CCCC1=O. The van der Waals surface area contributed by atoms with E-state index < -0.39 is 0 Å². The highest BCUT2D eigenvalue weighted by atomic mass is 35.5. The summed E-state index contributed by atoms with van der Waals surface area (Å²) in [4.78, 5) is 12.1. The van der Waals surface area contributed by atoms with Gasteiger partial charge in [0.05, 0.1) is 6.42 Å². The topological polar surface area (TPSA) is 17.1 Å². The van der Waals surface area contributed by atoms with E-state index in [9.17, 15) is 4.79 Å². The van der Waals surface area contributed by atoms with Crippen LogP contribution < -0.4 is 0 Å². The van der Waals surface area contributed by atoms with Crippen molar-refractivity contribution < 1.29 is 8.80 Å². The van der Waals surface area contributed by atoms with Gasteiger partial charge < -0.3 is 0 Å². The number of likely N-dealkylation sites (tertiary alicyclic amines) is 1. The molecule has 1 rings (SSSR count). The van der Waals surface area contributed by atoms with E-state index in [1.165, 1.54) is 77.0 Å². The van der Waals surface area contributed by atoms with Crippen LogP contribution in [0.2, 0.25) is 0 Å². The van der Waals surface area contributed by atoms with E-state index in [2.05, 4.69) is 20.8 Å². The van der Waals surface area contributed by atoms with Crippen molar-refractivity contribution in [1.82, 2.24) is 0 Å². The summed E-state index contributed by atoms with van der Waals surface area (Å²) in [5.41, 5.74) is -0.117. The highest BCUT2D eigenvalue weighted by Crippen LogP contribution is 2.38. The van der Waals surface area contributed by atoms with Gasteiger partial charge in [-0.25, -0.2) is 4.79 Å². The summed E-state index contributed by atoms with van der Waals surface area (Å²) >= 11 is 6.64. The number of quaternary nitrogens is 1. The predicted molar refractivity (Wildman–Crippen MR) is 105 cm³/mol. The average Bonchev–Trinajstić information content (AvgIpc) is 2.89. The summed E-state index contributed by atoms with van der Waals surface area (Å²) < 4.78 is 0.144. The van der Waals surface area contributed by atoms with Crippen LogP contribution in [0.25, 0.3) is 0 Å². The fraction of sp³-hybridized carbons (Fsp3) is 0.952. The van der Waals surface area contributed by atoms with E-state index in [1.54, 1.807) is 0 Å². The molecular weight excluding hydrogens is 318 g/mol. The molecule has 0 aromatic heterocycles. The normalized spacial score (nSPS) is 21.6. The average molecular weight is 359 g/mol. The maximum atomic E-state index is 12.1. The maximum Gasteiger partial charge on any atom is 0.332 e. The molecule has 1 amide bonds. The number of carbonyl (C=O) groups is 1. The van der Waals surface area contributed by atoms with Gasteiger partial charge in [0.1, 0.15) is 12.1 Å². The van der Waals surface area contributed by atoms with E-state index >= 15 is 0 Å². The molecule has 1 heterocycles. The first-order valence-electron chi connectivity index (χ1n) is 10.6. The van der Waals surface area contributed by atoms with Gasteiger partial charge in [-0.2, -0.15) is 4.00 Å². The van der Waals surface area contributed by atoms with E-state index in [0.29, 0.717) is 6.42 Å². The van der Waals surface area contributed by atoms with E-state index in [0.717, 1.165) is 19.4 Å². The van der Waals surface area contributed by atoms with Gasteiger partial charge in [0.2, 0.25) is 0 Å². The Labute approximate surface area is 156 Å². The number of rotatable bonds is 14. The summed E-state index contributed by atoms with van der Waals surface area (Å²) in [5, 5.41) is 0. The third-order valence-electron chi connectivity index (χ3n) is 5.85. The van der Waals surface area contributed by atoms with Crippen LogP contribution in [0.1, 0.15) is 117 Å². The number of halogens is 1. The Hall–Kier alpha value is -0.0800. The molecule has 142 valence electrons. The van der Waals surface area contributed by atoms with Gasteiger partial charge in [0.15, 0.2) is 11.8 Å². The molecule has 1 saturated heterocycles. The van der Waals surface area contributed by atoms with Crippen molar-refractivity contribution in [3.8, 4) is 0 Å². The fourth-order valence-electron chi connectivity index (χ4n) is 3.97. The van der Waals surface area contributed by atoms with Crippen molar-refractivity contribution in [3.63, 3.8) is 0 Å². The van der Waals surface area contributed by atoms with Gasteiger partial charge in [-0.1, -0.05) is 77.6 Å². The van der Waals surface area contributed by atoms with Gasteiger partial charge >= 0.3 is 5.91 Å². The van der Waals surface area contributed by atoms with Gasteiger partial charge in [0.25, 0.3) is 0 Å². The number of unbranched alkanes of at least 4 members (excludes halogenated alkanes) is 11. The Kier molecular flexibility index (Phi) is 10.5. The number of hydrogen-bond acceptors (Lipinski definition) is 1. The van der Waals surface area contributed by atoms with Gasteiger partial charge in [-0.05, 0) is 20.3 Å². The molecule has 1 aliphatic heterocycles. The van der Waals surface area contributed by atoms with Crippen LogP contribution >= 0.6 is 11.8 Å². The molecule has 1 aliphatic rings. The summed E-state index contributed by atoms with van der Waals surface area (Å²) in [5.74, 6) is 0.223. The van der Waals surface area contributed by atoms with Crippen LogP contribution in [0.3, 0.4) is 0 Å². The van der Waals surface area contributed by atoms with E-state index in [4.69, 9.17) is 11.8 Å². The number of amides is 1. The van der Waals surface area contributed by atoms with Crippen LogP contribution in [-0.2, 0) is 4.79 Å². The first kappa shape index (κ1) is 22.0. The highest BCUT2D eigenvalue weighted by molar-refractivity contribution is 6.12. The maximum absolute atomic E-state index is 12.1. The van der Waals surface area contributed by atoms with Gasteiger partial charge in [-0.3, -0.25) is 0 Å². The summed E-state index contributed by atoms with van der Waals surface area (Å²) in [6, 6.07) is 0. The van der Waals surface area contributed by atoms with Crippen molar-refractivity contribution in [2.45, 2.75) is 123 Å². The lowest BCUT2D eigenvalue weighted by molar-refractivity contribution is -0.785. The Balaban J connectivity index is 1.99. The zero-order valence-electron chi connectivity index (χ0n) is 16.5. The first-order chi connectivity index (χ1) is 11.4.